The fourth-order valence-corrected chi connectivity index (χ4v) is 2.76. The molecule has 0 spiro atoms. The lowest BCUT2D eigenvalue weighted by atomic mass is 9.93. The minimum atomic E-state index is -0.0328. The summed E-state index contributed by atoms with van der Waals surface area (Å²) >= 11 is 0. The molecule has 0 radical (unpaired) electrons. The second kappa shape index (κ2) is 5.61. The number of carbonyl (C=O) groups excluding carboxylic acids is 1. The Morgan fingerprint density at radius 3 is 2.95 bits per heavy atom. The first-order valence-electron chi connectivity index (χ1n) is 7.18. The summed E-state index contributed by atoms with van der Waals surface area (Å²) in [6, 6.07) is 9.07. The molecule has 1 atom stereocenters. The van der Waals surface area contributed by atoms with Crippen LogP contribution < -0.4 is 16.0 Å². The van der Waals surface area contributed by atoms with Crippen LogP contribution in [0.2, 0.25) is 0 Å². The summed E-state index contributed by atoms with van der Waals surface area (Å²) in [4.78, 5) is 11.8. The predicted octanol–water partition coefficient (Wildman–Crippen LogP) is 1.73. The highest BCUT2D eigenvalue weighted by atomic mass is 16.2. The van der Waals surface area contributed by atoms with Gasteiger partial charge in [0.1, 0.15) is 0 Å². The normalized spacial score (nSPS) is 22.2. The fourth-order valence-electron chi connectivity index (χ4n) is 2.76. The molecule has 2 aliphatic rings. The van der Waals surface area contributed by atoms with Crippen molar-refractivity contribution in [3.63, 3.8) is 0 Å². The highest BCUT2D eigenvalue weighted by Gasteiger charge is 2.22. The van der Waals surface area contributed by atoms with Gasteiger partial charge in [-0.25, -0.2) is 4.79 Å². The van der Waals surface area contributed by atoms with Gasteiger partial charge in [-0.2, -0.15) is 0 Å². The Labute approximate surface area is 114 Å². The molecular formula is C15H21N3O. The van der Waals surface area contributed by atoms with E-state index in [-0.39, 0.29) is 12.1 Å². The molecule has 1 aliphatic heterocycles. The monoisotopic (exact) mass is 259 g/mol. The molecule has 2 amide bonds. The summed E-state index contributed by atoms with van der Waals surface area (Å²) in [5, 5.41) is 9.45. The lowest BCUT2D eigenvalue weighted by Crippen LogP contribution is -2.47. The number of hydrogen-bond acceptors (Lipinski definition) is 2. The van der Waals surface area contributed by atoms with Crippen molar-refractivity contribution in [1.82, 2.24) is 16.0 Å². The maximum atomic E-state index is 11.8. The Hall–Kier alpha value is -1.55. The molecule has 4 heteroatoms. The largest absolute Gasteiger partial charge is 0.336 e. The zero-order chi connectivity index (χ0) is 13.1. The van der Waals surface area contributed by atoms with Crippen molar-refractivity contribution < 1.29 is 4.79 Å². The molecule has 3 N–H and O–H groups in total. The minimum absolute atomic E-state index is 0.0328. The number of nitrogens with one attached hydrogen (secondary N) is 3. The smallest absolute Gasteiger partial charge is 0.315 e. The molecule has 0 bridgehead atoms. The van der Waals surface area contributed by atoms with Crippen molar-refractivity contribution in [1.29, 1.82) is 0 Å². The number of urea groups is 1. The highest BCUT2D eigenvalue weighted by molar-refractivity contribution is 5.74. The number of hydrogen-bond donors (Lipinski definition) is 3. The Balaban J connectivity index is 1.54. The summed E-state index contributed by atoms with van der Waals surface area (Å²) in [5.74, 6) is 0. The Kier molecular flexibility index (Phi) is 3.69. The first kappa shape index (κ1) is 12.5. The predicted molar refractivity (Wildman–Crippen MR) is 75.1 cm³/mol. The van der Waals surface area contributed by atoms with E-state index in [1.165, 1.54) is 17.5 Å². The number of rotatable bonds is 3. The second-order valence-electron chi connectivity index (χ2n) is 5.44. The van der Waals surface area contributed by atoms with Crippen molar-refractivity contribution in [3.05, 3.63) is 35.4 Å². The molecule has 1 aromatic rings. The van der Waals surface area contributed by atoms with E-state index in [1.54, 1.807) is 0 Å². The lowest BCUT2D eigenvalue weighted by molar-refractivity contribution is 0.227. The first-order valence-corrected chi connectivity index (χ1v) is 7.18. The minimum Gasteiger partial charge on any atom is -0.336 e. The highest BCUT2D eigenvalue weighted by Crippen LogP contribution is 2.22. The van der Waals surface area contributed by atoms with Gasteiger partial charge in [0.15, 0.2) is 0 Å². The van der Waals surface area contributed by atoms with Crippen LogP contribution in [0.1, 0.15) is 36.4 Å². The Morgan fingerprint density at radius 1 is 1.32 bits per heavy atom. The van der Waals surface area contributed by atoms with Crippen LogP contribution in [0.3, 0.4) is 0 Å². The molecule has 1 aromatic carbocycles. The van der Waals surface area contributed by atoms with Crippen LogP contribution >= 0.6 is 0 Å². The van der Waals surface area contributed by atoms with Gasteiger partial charge in [-0.15, -0.1) is 0 Å². The number of benzene rings is 1. The van der Waals surface area contributed by atoms with E-state index in [0.717, 1.165) is 25.8 Å². The van der Waals surface area contributed by atoms with Gasteiger partial charge in [-0.1, -0.05) is 24.3 Å². The molecule has 1 heterocycles. The molecule has 102 valence electrons. The van der Waals surface area contributed by atoms with Crippen molar-refractivity contribution in [2.45, 2.75) is 37.8 Å². The van der Waals surface area contributed by atoms with Gasteiger partial charge in [0.25, 0.3) is 0 Å². The van der Waals surface area contributed by atoms with Crippen molar-refractivity contribution in [3.8, 4) is 0 Å². The first-order chi connectivity index (χ1) is 9.33. The molecule has 1 aliphatic carbocycles. The Morgan fingerprint density at radius 2 is 2.16 bits per heavy atom. The van der Waals surface area contributed by atoms with Crippen molar-refractivity contribution in [2.75, 3.05) is 13.1 Å². The average molecular weight is 259 g/mol. The third-order valence-electron chi connectivity index (χ3n) is 4.12. The quantitative estimate of drug-likeness (QED) is 0.774. The van der Waals surface area contributed by atoms with Gasteiger partial charge in [-0.05, 0) is 43.4 Å². The zero-order valence-corrected chi connectivity index (χ0v) is 11.1. The van der Waals surface area contributed by atoms with Gasteiger partial charge in [0.05, 0.1) is 0 Å². The van der Waals surface area contributed by atoms with E-state index in [0.29, 0.717) is 12.6 Å². The van der Waals surface area contributed by atoms with Crippen LogP contribution in [0.4, 0.5) is 4.79 Å². The number of fused-ring (bicyclic) bond motifs is 1. The molecule has 0 aromatic heterocycles. The molecule has 1 fully saturated rings. The van der Waals surface area contributed by atoms with Crippen LogP contribution in [0.5, 0.6) is 0 Å². The summed E-state index contributed by atoms with van der Waals surface area (Å²) in [5.41, 5.74) is 2.71. The van der Waals surface area contributed by atoms with E-state index in [9.17, 15) is 4.79 Å². The molecule has 0 saturated heterocycles. The molecular weight excluding hydrogens is 238 g/mol. The second-order valence-corrected chi connectivity index (χ2v) is 5.44. The summed E-state index contributed by atoms with van der Waals surface area (Å²) in [6.45, 7) is 1.63. The van der Waals surface area contributed by atoms with Gasteiger partial charge in [-0.3, -0.25) is 0 Å². The molecule has 1 saturated carbocycles. The third-order valence-corrected chi connectivity index (χ3v) is 4.12. The standard InChI is InChI=1S/C15H21N3O/c19-15(18-12-5-3-6-12)17-10-14-13-7-2-1-4-11(13)8-9-16-14/h1-2,4,7,12,14,16H,3,5-6,8-10H2,(H2,17,18,19). The van der Waals surface area contributed by atoms with E-state index in [4.69, 9.17) is 0 Å². The zero-order valence-electron chi connectivity index (χ0n) is 11.1. The van der Waals surface area contributed by atoms with Gasteiger partial charge >= 0.3 is 6.03 Å². The summed E-state index contributed by atoms with van der Waals surface area (Å²) in [6.07, 6.45) is 4.55. The molecule has 19 heavy (non-hydrogen) atoms. The SMILES string of the molecule is O=C(NCC1NCCc2ccccc21)NC1CCC1. The number of amides is 2. The van der Waals surface area contributed by atoms with Crippen molar-refractivity contribution in [2.24, 2.45) is 0 Å². The lowest BCUT2D eigenvalue weighted by Gasteiger charge is -2.29. The van der Waals surface area contributed by atoms with E-state index in [2.05, 4.69) is 40.2 Å². The van der Waals surface area contributed by atoms with Gasteiger partial charge in [0.2, 0.25) is 0 Å². The van der Waals surface area contributed by atoms with E-state index < -0.39 is 0 Å². The van der Waals surface area contributed by atoms with Crippen LogP contribution in [0.15, 0.2) is 24.3 Å². The number of carbonyl (C=O) groups is 1. The molecule has 4 nitrogen and oxygen atoms in total. The van der Waals surface area contributed by atoms with Gasteiger partial charge < -0.3 is 16.0 Å². The molecule has 3 rings (SSSR count). The van der Waals surface area contributed by atoms with Crippen LogP contribution in [0, 0.1) is 0 Å². The van der Waals surface area contributed by atoms with Crippen LogP contribution in [0.25, 0.3) is 0 Å². The maximum absolute atomic E-state index is 11.8. The maximum Gasteiger partial charge on any atom is 0.315 e. The Bertz CT molecular complexity index is 456. The van der Waals surface area contributed by atoms with Crippen LogP contribution in [-0.2, 0) is 6.42 Å². The van der Waals surface area contributed by atoms with E-state index in [1.807, 2.05) is 0 Å². The summed E-state index contributed by atoms with van der Waals surface area (Å²) in [7, 11) is 0. The average Bonchev–Trinajstić information content (AvgIpc) is 2.40. The molecule has 1 unspecified atom stereocenters. The van der Waals surface area contributed by atoms with Crippen LogP contribution in [-0.4, -0.2) is 25.2 Å². The van der Waals surface area contributed by atoms with Gasteiger partial charge in [0, 0.05) is 18.6 Å². The van der Waals surface area contributed by atoms with Crippen molar-refractivity contribution >= 4 is 6.03 Å². The topological polar surface area (TPSA) is 53.2 Å². The van der Waals surface area contributed by atoms with E-state index >= 15 is 0 Å². The fraction of sp³-hybridized carbons (Fsp3) is 0.533. The third kappa shape index (κ3) is 2.89. The summed E-state index contributed by atoms with van der Waals surface area (Å²) < 4.78 is 0.